The number of ether oxygens (including phenoxy) is 2. The predicted octanol–water partition coefficient (Wildman–Crippen LogP) is 2.02. The molecule has 0 saturated heterocycles. The zero-order chi connectivity index (χ0) is 15.9. The van der Waals surface area contributed by atoms with Gasteiger partial charge in [-0.15, -0.1) is 0 Å². The van der Waals surface area contributed by atoms with Crippen LogP contribution in [0.3, 0.4) is 0 Å². The van der Waals surface area contributed by atoms with Crippen molar-refractivity contribution in [2.75, 3.05) is 21.3 Å². The lowest BCUT2D eigenvalue weighted by Crippen LogP contribution is -2.24. The molecule has 0 spiro atoms. The van der Waals surface area contributed by atoms with Gasteiger partial charge in [0.1, 0.15) is 11.5 Å². The minimum absolute atomic E-state index is 0.327. The van der Waals surface area contributed by atoms with Crippen molar-refractivity contribution in [3.05, 3.63) is 35.5 Å². The van der Waals surface area contributed by atoms with Gasteiger partial charge in [-0.3, -0.25) is 0 Å². The van der Waals surface area contributed by atoms with Crippen LogP contribution in [0.15, 0.2) is 22.7 Å². The van der Waals surface area contributed by atoms with Gasteiger partial charge in [0.2, 0.25) is 5.89 Å². The maximum absolute atomic E-state index is 5.29. The smallest absolute Gasteiger partial charge is 0.226 e. The Morgan fingerprint density at radius 1 is 1.14 bits per heavy atom. The number of rotatable bonds is 8. The predicted molar refractivity (Wildman–Crippen MR) is 83.5 cm³/mol. The summed E-state index contributed by atoms with van der Waals surface area (Å²) in [4.78, 5) is 4.42. The zero-order valence-electron chi connectivity index (χ0n) is 13.5. The van der Waals surface area contributed by atoms with Gasteiger partial charge in [0, 0.05) is 24.9 Å². The summed E-state index contributed by atoms with van der Waals surface area (Å²) in [7, 11) is 5.21. The molecular formula is C16H23N3O3. The van der Waals surface area contributed by atoms with Crippen molar-refractivity contribution < 1.29 is 14.0 Å². The first kappa shape index (κ1) is 16.3. The summed E-state index contributed by atoms with van der Waals surface area (Å²) in [5, 5.41) is 7.16. The lowest BCUT2D eigenvalue weighted by Gasteiger charge is -2.07. The molecule has 2 aromatic rings. The monoisotopic (exact) mass is 305 g/mol. The topological polar surface area (TPSA) is 69.4 Å². The van der Waals surface area contributed by atoms with Crippen LogP contribution in [0.5, 0.6) is 11.5 Å². The van der Waals surface area contributed by atoms with E-state index in [1.165, 1.54) is 0 Å². The van der Waals surface area contributed by atoms with Crippen molar-refractivity contribution in [1.82, 2.24) is 15.5 Å². The standard InChI is InChI=1S/C16H23N3O3/c1-11(17-2)7-15-18-16(22-19-15)6-5-12-8-13(20-3)10-14(9-12)21-4/h8-11,17H,5-7H2,1-4H3. The summed E-state index contributed by atoms with van der Waals surface area (Å²) in [6, 6.07) is 6.16. The van der Waals surface area contributed by atoms with E-state index in [0.717, 1.165) is 35.7 Å². The Bertz CT molecular complexity index is 576. The molecule has 0 aliphatic carbocycles. The molecule has 1 heterocycles. The molecule has 0 saturated carbocycles. The van der Waals surface area contributed by atoms with Gasteiger partial charge in [-0.2, -0.15) is 4.98 Å². The SMILES string of the molecule is CNC(C)Cc1noc(CCc2cc(OC)cc(OC)c2)n1. The Labute approximate surface area is 130 Å². The van der Waals surface area contributed by atoms with E-state index in [9.17, 15) is 0 Å². The fourth-order valence-corrected chi connectivity index (χ4v) is 2.11. The molecule has 1 aromatic heterocycles. The molecule has 1 unspecified atom stereocenters. The van der Waals surface area contributed by atoms with Crippen LogP contribution in [0, 0.1) is 0 Å². The second-order valence-corrected chi connectivity index (χ2v) is 5.22. The van der Waals surface area contributed by atoms with Crippen molar-refractivity contribution in [3.63, 3.8) is 0 Å². The number of hydrogen-bond donors (Lipinski definition) is 1. The van der Waals surface area contributed by atoms with E-state index < -0.39 is 0 Å². The lowest BCUT2D eigenvalue weighted by atomic mass is 10.1. The summed E-state index contributed by atoms with van der Waals surface area (Å²) >= 11 is 0. The maximum Gasteiger partial charge on any atom is 0.226 e. The van der Waals surface area contributed by atoms with Gasteiger partial charge in [-0.05, 0) is 38.1 Å². The molecule has 0 fully saturated rings. The summed E-state index contributed by atoms with van der Waals surface area (Å²) in [5.74, 6) is 2.95. The van der Waals surface area contributed by atoms with Crippen LogP contribution < -0.4 is 14.8 Å². The van der Waals surface area contributed by atoms with Crippen LogP contribution >= 0.6 is 0 Å². The van der Waals surface area contributed by atoms with E-state index in [4.69, 9.17) is 14.0 Å². The Morgan fingerprint density at radius 2 is 1.82 bits per heavy atom. The maximum atomic E-state index is 5.29. The van der Waals surface area contributed by atoms with E-state index in [1.54, 1.807) is 14.2 Å². The highest BCUT2D eigenvalue weighted by molar-refractivity contribution is 5.38. The van der Waals surface area contributed by atoms with Crippen LogP contribution in [0.25, 0.3) is 0 Å². The van der Waals surface area contributed by atoms with Gasteiger partial charge in [0.25, 0.3) is 0 Å². The third-order valence-corrected chi connectivity index (χ3v) is 3.53. The van der Waals surface area contributed by atoms with Gasteiger partial charge in [0.15, 0.2) is 5.82 Å². The Morgan fingerprint density at radius 3 is 2.41 bits per heavy atom. The minimum Gasteiger partial charge on any atom is -0.497 e. The number of hydrogen-bond acceptors (Lipinski definition) is 6. The minimum atomic E-state index is 0.327. The average molecular weight is 305 g/mol. The van der Waals surface area contributed by atoms with E-state index in [0.29, 0.717) is 18.4 Å². The van der Waals surface area contributed by atoms with Crippen LogP contribution in [0.1, 0.15) is 24.2 Å². The van der Waals surface area contributed by atoms with Gasteiger partial charge in [-0.25, -0.2) is 0 Å². The van der Waals surface area contributed by atoms with Crippen LogP contribution in [-0.4, -0.2) is 37.4 Å². The second kappa shape index (κ2) is 7.79. The van der Waals surface area contributed by atoms with Crippen LogP contribution in [0.2, 0.25) is 0 Å². The number of likely N-dealkylation sites (N-methyl/N-ethyl adjacent to an activating group) is 1. The lowest BCUT2D eigenvalue weighted by molar-refractivity contribution is 0.370. The van der Waals surface area contributed by atoms with Gasteiger partial charge in [0.05, 0.1) is 14.2 Å². The molecule has 1 N–H and O–H groups in total. The number of aromatic nitrogens is 2. The number of aryl methyl sites for hydroxylation is 2. The number of nitrogens with zero attached hydrogens (tertiary/aromatic N) is 2. The summed E-state index contributed by atoms with van der Waals surface area (Å²) in [5.41, 5.74) is 1.11. The molecule has 6 nitrogen and oxygen atoms in total. The average Bonchev–Trinajstić information content (AvgIpc) is 2.99. The van der Waals surface area contributed by atoms with Crippen molar-refractivity contribution in [1.29, 1.82) is 0 Å². The Hall–Kier alpha value is -2.08. The fourth-order valence-electron chi connectivity index (χ4n) is 2.11. The second-order valence-electron chi connectivity index (χ2n) is 5.22. The molecule has 120 valence electrons. The molecule has 0 aliphatic rings. The van der Waals surface area contributed by atoms with E-state index in [-0.39, 0.29) is 0 Å². The molecule has 0 radical (unpaired) electrons. The summed E-state index contributed by atoms with van der Waals surface area (Å²) in [6.45, 7) is 2.08. The van der Waals surface area contributed by atoms with Crippen molar-refractivity contribution >= 4 is 0 Å². The van der Waals surface area contributed by atoms with E-state index in [2.05, 4.69) is 22.4 Å². The third-order valence-electron chi connectivity index (χ3n) is 3.53. The molecule has 0 bridgehead atoms. The molecule has 2 rings (SSSR count). The van der Waals surface area contributed by atoms with Gasteiger partial charge >= 0.3 is 0 Å². The molecule has 0 aliphatic heterocycles. The van der Waals surface area contributed by atoms with Gasteiger partial charge < -0.3 is 19.3 Å². The molecule has 1 atom stereocenters. The van der Waals surface area contributed by atoms with Gasteiger partial charge in [-0.1, -0.05) is 5.16 Å². The summed E-state index contributed by atoms with van der Waals surface area (Å²) < 4.78 is 15.8. The molecular weight excluding hydrogens is 282 g/mol. The van der Waals surface area contributed by atoms with E-state index in [1.807, 2.05) is 25.2 Å². The highest BCUT2D eigenvalue weighted by Crippen LogP contribution is 2.23. The van der Waals surface area contributed by atoms with Crippen molar-refractivity contribution in [2.45, 2.75) is 32.2 Å². The normalized spacial score (nSPS) is 12.2. The first-order valence-corrected chi connectivity index (χ1v) is 7.35. The quantitative estimate of drug-likeness (QED) is 0.804. The van der Waals surface area contributed by atoms with Crippen LogP contribution in [-0.2, 0) is 19.3 Å². The molecule has 6 heteroatoms. The molecule has 0 amide bonds. The van der Waals surface area contributed by atoms with Crippen LogP contribution in [0.4, 0.5) is 0 Å². The highest BCUT2D eigenvalue weighted by atomic mass is 16.5. The highest BCUT2D eigenvalue weighted by Gasteiger charge is 2.10. The fraction of sp³-hybridized carbons (Fsp3) is 0.500. The largest absolute Gasteiger partial charge is 0.497 e. The molecule has 22 heavy (non-hydrogen) atoms. The first-order valence-electron chi connectivity index (χ1n) is 7.35. The number of methoxy groups -OCH3 is 2. The third kappa shape index (κ3) is 4.46. The first-order chi connectivity index (χ1) is 10.6. The Kier molecular flexibility index (Phi) is 5.77. The number of nitrogens with one attached hydrogen (secondary N) is 1. The van der Waals surface area contributed by atoms with Crippen molar-refractivity contribution in [2.24, 2.45) is 0 Å². The Balaban J connectivity index is 1.98. The molecule has 1 aromatic carbocycles. The van der Waals surface area contributed by atoms with Crippen molar-refractivity contribution in [3.8, 4) is 11.5 Å². The number of benzene rings is 1. The zero-order valence-corrected chi connectivity index (χ0v) is 13.5. The van der Waals surface area contributed by atoms with E-state index >= 15 is 0 Å². The summed E-state index contributed by atoms with van der Waals surface area (Å²) in [6.07, 6.45) is 2.24.